The van der Waals surface area contributed by atoms with Crippen molar-refractivity contribution in [3.05, 3.63) is 66.6 Å². The van der Waals surface area contributed by atoms with E-state index in [1.807, 2.05) is 28.9 Å². The van der Waals surface area contributed by atoms with Crippen LogP contribution in [0, 0.1) is 5.82 Å². The maximum atomic E-state index is 14.6. The fraction of sp³-hybridized carbons (Fsp3) is 0.400. The van der Waals surface area contributed by atoms with Crippen LogP contribution in [0.4, 0.5) is 4.39 Å². The molecule has 198 valence electrons. The third kappa shape index (κ3) is 3.71. The molecule has 0 radical (unpaired) electrons. The number of aromatic nitrogens is 6. The highest BCUT2D eigenvalue weighted by molar-refractivity contribution is 6.02. The molecule has 2 atom stereocenters. The molecule has 2 bridgehead atoms. The Hall–Kier alpha value is -3.69. The van der Waals surface area contributed by atoms with E-state index >= 15 is 0 Å². The lowest BCUT2D eigenvalue weighted by Gasteiger charge is -2.43. The van der Waals surface area contributed by atoms with Gasteiger partial charge in [-0.15, -0.1) is 0 Å². The molecule has 3 aliphatic rings. The summed E-state index contributed by atoms with van der Waals surface area (Å²) in [7, 11) is 0. The molecule has 1 aromatic carbocycles. The van der Waals surface area contributed by atoms with Gasteiger partial charge in [0, 0.05) is 59.3 Å². The average Bonchev–Trinajstić information content (AvgIpc) is 3.69. The number of hydrogen-bond donors (Lipinski definition) is 1. The van der Waals surface area contributed by atoms with Crippen molar-refractivity contribution in [1.82, 2.24) is 34.7 Å². The van der Waals surface area contributed by atoms with Crippen molar-refractivity contribution in [3.8, 4) is 22.4 Å². The van der Waals surface area contributed by atoms with Crippen molar-refractivity contribution in [2.24, 2.45) is 0 Å². The highest BCUT2D eigenvalue weighted by atomic mass is 19.1. The topological polar surface area (TPSA) is 84.2 Å². The second-order valence-electron chi connectivity index (χ2n) is 11.2. The normalized spacial score (nSPS) is 25.6. The first-order valence-corrected chi connectivity index (χ1v) is 14.0. The van der Waals surface area contributed by atoms with Crippen molar-refractivity contribution in [1.29, 1.82) is 0 Å². The molecule has 8 nitrogen and oxygen atoms in total. The fourth-order valence-corrected chi connectivity index (χ4v) is 7.38. The van der Waals surface area contributed by atoms with Crippen LogP contribution in [-0.2, 0) is 4.74 Å². The van der Waals surface area contributed by atoms with Crippen molar-refractivity contribution >= 4 is 16.6 Å². The highest BCUT2D eigenvalue weighted by Crippen LogP contribution is 2.42. The van der Waals surface area contributed by atoms with Gasteiger partial charge in [-0.05, 0) is 68.4 Å². The van der Waals surface area contributed by atoms with Crippen LogP contribution in [-0.4, -0.2) is 66.0 Å². The molecular weight excluding hydrogens is 493 g/mol. The summed E-state index contributed by atoms with van der Waals surface area (Å²) in [6, 6.07) is 11.2. The third-order valence-corrected chi connectivity index (χ3v) is 9.17. The predicted molar refractivity (Wildman–Crippen MR) is 146 cm³/mol. The molecule has 5 aromatic rings. The summed E-state index contributed by atoms with van der Waals surface area (Å²) in [6.45, 7) is 1.78. The van der Waals surface area contributed by atoms with Gasteiger partial charge in [0.15, 0.2) is 5.65 Å². The molecule has 0 spiro atoms. The van der Waals surface area contributed by atoms with Gasteiger partial charge in [0.2, 0.25) is 0 Å². The Kier molecular flexibility index (Phi) is 5.48. The van der Waals surface area contributed by atoms with Crippen molar-refractivity contribution in [3.63, 3.8) is 0 Å². The van der Waals surface area contributed by atoms with Crippen LogP contribution in [0.1, 0.15) is 50.1 Å². The Morgan fingerprint density at radius 3 is 2.44 bits per heavy atom. The lowest BCUT2D eigenvalue weighted by Crippen LogP contribution is -2.52. The number of rotatable bonds is 4. The number of ether oxygens (including phenoxy) is 1. The third-order valence-electron chi connectivity index (χ3n) is 9.17. The standard InChI is InChI=1S/C30H30FN7O/c31-25-8-7-23(24-15-34-35-29(24)25)27-28(19-9-12-32-13-10-19)36-38-26(11-14-33-30(27)38)18-1-3-20(4-2-18)37-21-5-6-22(37)17-39-16-21/h7-15,18,20-22H,1-6,16-17H2,(H,34,35)/t18-,20-,21?,22?. The van der Waals surface area contributed by atoms with E-state index in [1.54, 1.807) is 18.6 Å². The summed E-state index contributed by atoms with van der Waals surface area (Å²) in [5.74, 6) is 0.0814. The molecule has 2 unspecified atom stereocenters. The molecule has 8 rings (SSSR count). The molecule has 2 aliphatic heterocycles. The van der Waals surface area contributed by atoms with E-state index in [0.29, 0.717) is 34.9 Å². The zero-order chi connectivity index (χ0) is 25.9. The summed E-state index contributed by atoms with van der Waals surface area (Å²) < 4.78 is 22.4. The number of aromatic amines is 1. The molecule has 9 heteroatoms. The van der Waals surface area contributed by atoms with Crippen LogP contribution in [0.3, 0.4) is 0 Å². The molecule has 6 heterocycles. The first kappa shape index (κ1) is 23.2. The van der Waals surface area contributed by atoms with E-state index in [1.165, 1.54) is 37.4 Å². The second kappa shape index (κ2) is 9.20. The smallest absolute Gasteiger partial charge is 0.163 e. The van der Waals surface area contributed by atoms with Crippen LogP contribution in [0.5, 0.6) is 0 Å². The fourth-order valence-electron chi connectivity index (χ4n) is 7.38. The number of halogens is 1. The molecule has 1 N–H and O–H groups in total. The zero-order valence-corrected chi connectivity index (χ0v) is 21.6. The number of nitrogens with zero attached hydrogens (tertiary/aromatic N) is 6. The van der Waals surface area contributed by atoms with Crippen LogP contribution in [0.15, 0.2) is 55.1 Å². The lowest BCUT2D eigenvalue weighted by atomic mass is 9.82. The Bertz CT molecular complexity index is 1640. The Balaban J connectivity index is 1.21. The Morgan fingerprint density at radius 2 is 1.64 bits per heavy atom. The van der Waals surface area contributed by atoms with E-state index in [9.17, 15) is 4.39 Å². The lowest BCUT2D eigenvalue weighted by molar-refractivity contribution is -0.0443. The number of fused-ring (bicyclic) bond motifs is 4. The van der Waals surface area contributed by atoms with Gasteiger partial charge in [0.1, 0.15) is 17.0 Å². The molecule has 1 aliphatic carbocycles. The van der Waals surface area contributed by atoms with Crippen molar-refractivity contribution < 1.29 is 9.13 Å². The van der Waals surface area contributed by atoms with E-state index in [0.717, 1.165) is 54.1 Å². The summed E-state index contributed by atoms with van der Waals surface area (Å²) in [5, 5.41) is 12.8. The number of benzene rings is 1. The van der Waals surface area contributed by atoms with Gasteiger partial charge in [-0.3, -0.25) is 15.0 Å². The summed E-state index contributed by atoms with van der Waals surface area (Å²) in [5.41, 5.74) is 5.86. The van der Waals surface area contributed by atoms with Gasteiger partial charge in [-0.2, -0.15) is 10.2 Å². The number of hydrogen-bond acceptors (Lipinski definition) is 6. The molecular formula is C30H30FN7O. The van der Waals surface area contributed by atoms with Crippen molar-refractivity contribution in [2.75, 3.05) is 13.2 Å². The SMILES string of the molecule is Fc1ccc(-c2c(-c3ccncc3)nn3c2nccc3[C@H]2CC[C@H](N3C4CCC3COC4)CC2)c2cn[nH]c12. The van der Waals surface area contributed by atoms with Crippen LogP contribution >= 0.6 is 0 Å². The maximum Gasteiger partial charge on any atom is 0.163 e. The highest BCUT2D eigenvalue weighted by Gasteiger charge is 2.42. The first-order chi connectivity index (χ1) is 19.3. The predicted octanol–water partition coefficient (Wildman–Crippen LogP) is 5.36. The molecule has 1 saturated carbocycles. The van der Waals surface area contributed by atoms with Gasteiger partial charge in [-0.1, -0.05) is 6.07 Å². The Morgan fingerprint density at radius 1 is 0.872 bits per heavy atom. The number of pyridine rings is 1. The minimum atomic E-state index is -0.327. The number of morpholine rings is 1. The van der Waals surface area contributed by atoms with E-state index in [-0.39, 0.29) is 5.82 Å². The van der Waals surface area contributed by atoms with Crippen molar-refractivity contribution in [2.45, 2.75) is 62.6 Å². The average molecular weight is 524 g/mol. The largest absolute Gasteiger partial charge is 0.378 e. The molecule has 2 saturated heterocycles. The van der Waals surface area contributed by atoms with Crippen LogP contribution in [0.25, 0.3) is 38.9 Å². The maximum absolute atomic E-state index is 14.6. The number of nitrogens with one attached hydrogen (secondary N) is 1. The van der Waals surface area contributed by atoms with Gasteiger partial charge in [0.25, 0.3) is 0 Å². The van der Waals surface area contributed by atoms with Crippen LogP contribution < -0.4 is 0 Å². The van der Waals surface area contributed by atoms with E-state index in [4.69, 9.17) is 14.8 Å². The monoisotopic (exact) mass is 523 g/mol. The van der Waals surface area contributed by atoms with Gasteiger partial charge in [0.05, 0.1) is 25.0 Å². The number of H-pyrrole nitrogens is 1. The van der Waals surface area contributed by atoms with Crippen LogP contribution in [0.2, 0.25) is 0 Å². The minimum absolute atomic E-state index is 0.327. The van der Waals surface area contributed by atoms with E-state index in [2.05, 4.69) is 26.1 Å². The summed E-state index contributed by atoms with van der Waals surface area (Å²) in [4.78, 5) is 11.8. The zero-order valence-electron chi connectivity index (χ0n) is 21.6. The summed E-state index contributed by atoms with van der Waals surface area (Å²) in [6.07, 6.45) is 14.3. The van der Waals surface area contributed by atoms with Gasteiger partial charge >= 0.3 is 0 Å². The summed E-state index contributed by atoms with van der Waals surface area (Å²) >= 11 is 0. The Labute approximate surface area is 225 Å². The molecule has 4 aromatic heterocycles. The first-order valence-electron chi connectivity index (χ1n) is 14.0. The minimum Gasteiger partial charge on any atom is -0.378 e. The quantitative estimate of drug-likeness (QED) is 0.341. The van der Waals surface area contributed by atoms with E-state index < -0.39 is 0 Å². The molecule has 3 fully saturated rings. The molecule has 39 heavy (non-hydrogen) atoms. The second-order valence-corrected chi connectivity index (χ2v) is 11.2. The van der Waals surface area contributed by atoms with Gasteiger partial charge < -0.3 is 4.74 Å². The van der Waals surface area contributed by atoms with Gasteiger partial charge in [-0.25, -0.2) is 13.9 Å². The molecule has 0 amide bonds.